The van der Waals surface area contributed by atoms with Gasteiger partial charge in [0.1, 0.15) is 0 Å². The molecule has 1 aromatic rings. The summed E-state index contributed by atoms with van der Waals surface area (Å²) in [6.45, 7) is 7.54. The van der Waals surface area contributed by atoms with Crippen molar-refractivity contribution in [2.75, 3.05) is 0 Å². The van der Waals surface area contributed by atoms with E-state index in [0.29, 0.717) is 18.0 Å². The Balaban J connectivity index is 1.87. The number of hydrogen-bond acceptors (Lipinski definition) is 3. The average Bonchev–Trinajstić information content (AvgIpc) is 2.45. The molecule has 1 N–H and O–H groups in total. The molecule has 116 valence electrons. The van der Waals surface area contributed by atoms with Crippen LogP contribution in [0.15, 0.2) is 24.3 Å². The maximum atomic E-state index is 11.0. The molecule has 0 radical (unpaired) electrons. The zero-order valence-corrected chi connectivity index (χ0v) is 13.3. The van der Waals surface area contributed by atoms with E-state index >= 15 is 0 Å². The molecular formula is C17H26N2O2. The summed E-state index contributed by atoms with van der Waals surface area (Å²) in [5.74, 6) is 0.793. The van der Waals surface area contributed by atoms with Crippen molar-refractivity contribution >= 4 is 5.69 Å². The van der Waals surface area contributed by atoms with Crippen LogP contribution in [0.3, 0.4) is 0 Å². The van der Waals surface area contributed by atoms with Crippen LogP contribution in [0.5, 0.6) is 0 Å². The zero-order valence-electron chi connectivity index (χ0n) is 13.3. The van der Waals surface area contributed by atoms with Gasteiger partial charge in [0.2, 0.25) is 0 Å². The lowest BCUT2D eigenvalue weighted by atomic mass is 9.71. The summed E-state index contributed by atoms with van der Waals surface area (Å²) in [7, 11) is 0. The van der Waals surface area contributed by atoms with Crippen molar-refractivity contribution < 1.29 is 4.92 Å². The van der Waals surface area contributed by atoms with E-state index in [1.54, 1.807) is 12.1 Å². The van der Waals surface area contributed by atoms with Gasteiger partial charge in [-0.2, -0.15) is 0 Å². The van der Waals surface area contributed by atoms with E-state index in [4.69, 9.17) is 0 Å². The Hall–Kier alpha value is -1.42. The topological polar surface area (TPSA) is 55.2 Å². The molecular weight excluding hydrogens is 264 g/mol. The number of nitro benzene ring substituents is 1. The molecule has 0 aliphatic heterocycles. The van der Waals surface area contributed by atoms with E-state index in [1.807, 2.05) is 12.1 Å². The first kappa shape index (κ1) is 16.0. The molecule has 1 aliphatic rings. The fourth-order valence-electron chi connectivity index (χ4n) is 3.26. The highest BCUT2D eigenvalue weighted by molar-refractivity contribution is 5.39. The maximum absolute atomic E-state index is 11.0. The van der Waals surface area contributed by atoms with Crippen LogP contribution in [0.2, 0.25) is 0 Å². The Bertz CT molecular complexity index is 486. The van der Waals surface area contributed by atoms with Crippen molar-refractivity contribution in [2.45, 2.75) is 59.0 Å². The molecule has 1 aliphatic carbocycles. The standard InChI is InChI=1S/C17H26N2O2/c1-17(2,3)14-8-10-15(11-9-14)18-12-13-6-4-5-7-16(13)19(20)21/h4-7,14-15,18H,8-12H2,1-3H3. The van der Waals surface area contributed by atoms with Gasteiger partial charge in [-0.25, -0.2) is 0 Å². The van der Waals surface area contributed by atoms with Crippen molar-refractivity contribution in [2.24, 2.45) is 11.3 Å². The second-order valence-electron chi connectivity index (χ2n) is 7.18. The molecule has 1 saturated carbocycles. The third kappa shape index (κ3) is 4.27. The lowest BCUT2D eigenvalue weighted by Gasteiger charge is -2.37. The predicted octanol–water partition coefficient (Wildman–Crippen LogP) is 4.29. The third-order valence-corrected chi connectivity index (χ3v) is 4.72. The molecule has 0 spiro atoms. The zero-order chi connectivity index (χ0) is 15.5. The van der Waals surface area contributed by atoms with Gasteiger partial charge >= 0.3 is 0 Å². The van der Waals surface area contributed by atoms with Crippen LogP contribution in [0.1, 0.15) is 52.0 Å². The number of para-hydroxylation sites is 1. The summed E-state index contributed by atoms with van der Waals surface area (Å²) in [5, 5.41) is 14.5. The highest BCUT2D eigenvalue weighted by Crippen LogP contribution is 2.37. The van der Waals surface area contributed by atoms with E-state index in [0.717, 1.165) is 11.5 Å². The summed E-state index contributed by atoms with van der Waals surface area (Å²) in [4.78, 5) is 10.7. The number of benzene rings is 1. The van der Waals surface area contributed by atoms with E-state index < -0.39 is 0 Å². The van der Waals surface area contributed by atoms with Crippen LogP contribution in [-0.2, 0) is 6.54 Å². The van der Waals surface area contributed by atoms with Crippen LogP contribution in [0.4, 0.5) is 5.69 Å². The molecule has 0 amide bonds. The minimum absolute atomic E-state index is 0.216. The molecule has 0 saturated heterocycles. The van der Waals surface area contributed by atoms with Gasteiger partial charge in [0.25, 0.3) is 5.69 Å². The van der Waals surface area contributed by atoms with Crippen molar-refractivity contribution in [1.82, 2.24) is 5.32 Å². The van der Waals surface area contributed by atoms with Gasteiger partial charge < -0.3 is 5.32 Å². The SMILES string of the molecule is CC(C)(C)C1CCC(NCc2ccccc2[N+](=O)[O-])CC1. The lowest BCUT2D eigenvalue weighted by Crippen LogP contribution is -2.35. The van der Waals surface area contributed by atoms with Crippen LogP contribution >= 0.6 is 0 Å². The molecule has 0 aromatic heterocycles. The fourth-order valence-corrected chi connectivity index (χ4v) is 3.26. The summed E-state index contributed by atoms with van der Waals surface area (Å²) in [5.41, 5.74) is 1.39. The van der Waals surface area contributed by atoms with Crippen molar-refractivity contribution in [1.29, 1.82) is 0 Å². The molecule has 1 fully saturated rings. The molecule has 1 aromatic carbocycles. The molecule has 0 unspecified atom stereocenters. The lowest BCUT2D eigenvalue weighted by molar-refractivity contribution is -0.385. The van der Waals surface area contributed by atoms with Gasteiger partial charge in [0.05, 0.1) is 4.92 Å². The van der Waals surface area contributed by atoms with E-state index in [9.17, 15) is 10.1 Å². The minimum Gasteiger partial charge on any atom is -0.310 e. The van der Waals surface area contributed by atoms with Crippen LogP contribution in [0.25, 0.3) is 0 Å². The average molecular weight is 290 g/mol. The summed E-state index contributed by atoms with van der Waals surface area (Å²) < 4.78 is 0. The Morgan fingerprint density at radius 3 is 2.38 bits per heavy atom. The first-order valence-electron chi connectivity index (χ1n) is 7.83. The fraction of sp³-hybridized carbons (Fsp3) is 0.647. The molecule has 0 atom stereocenters. The Morgan fingerprint density at radius 1 is 1.19 bits per heavy atom. The Morgan fingerprint density at radius 2 is 1.81 bits per heavy atom. The van der Waals surface area contributed by atoms with Crippen LogP contribution in [-0.4, -0.2) is 11.0 Å². The maximum Gasteiger partial charge on any atom is 0.273 e. The quantitative estimate of drug-likeness (QED) is 0.665. The first-order chi connectivity index (χ1) is 9.88. The Kier molecular flexibility index (Phi) is 4.99. The largest absolute Gasteiger partial charge is 0.310 e. The third-order valence-electron chi connectivity index (χ3n) is 4.72. The van der Waals surface area contributed by atoms with Crippen LogP contribution < -0.4 is 5.32 Å². The number of rotatable bonds is 4. The van der Waals surface area contributed by atoms with Crippen LogP contribution in [0, 0.1) is 21.4 Å². The van der Waals surface area contributed by atoms with Crippen molar-refractivity contribution in [3.63, 3.8) is 0 Å². The second-order valence-corrected chi connectivity index (χ2v) is 7.18. The van der Waals surface area contributed by atoms with Gasteiger partial charge in [0, 0.05) is 24.2 Å². The molecule has 21 heavy (non-hydrogen) atoms. The molecule has 2 rings (SSSR count). The molecule has 0 heterocycles. The first-order valence-corrected chi connectivity index (χ1v) is 7.83. The molecule has 0 bridgehead atoms. The highest BCUT2D eigenvalue weighted by Gasteiger charge is 2.29. The number of nitrogens with zero attached hydrogens (tertiary/aromatic N) is 1. The van der Waals surface area contributed by atoms with Gasteiger partial charge in [-0.3, -0.25) is 10.1 Å². The normalized spacial score (nSPS) is 23.0. The van der Waals surface area contributed by atoms with Gasteiger partial charge in [-0.1, -0.05) is 39.0 Å². The van der Waals surface area contributed by atoms with E-state index in [2.05, 4.69) is 26.1 Å². The van der Waals surface area contributed by atoms with Gasteiger partial charge in [-0.05, 0) is 37.0 Å². The molecule has 4 heteroatoms. The van der Waals surface area contributed by atoms with E-state index in [1.165, 1.54) is 25.7 Å². The summed E-state index contributed by atoms with van der Waals surface area (Å²) in [6, 6.07) is 7.49. The number of nitro groups is 1. The van der Waals surface area contributed by atoms with Gasteiger partial charge in [0.15, 0.2) is 0 Å². The summed E-state index contributed by atoms with van der Waals surface area (Å²) in [6.07, 6.45) is 4.83. The van der Waals surface area contributed by atoms with E-state index in [-0.39, 0.29) is 10.6 Å². The number of hydrogen-bond donors (Lipinski definition) is 1. The molecule has 4 nitrogen and oxygen atoms in total. The predicted molar refractivity (Wildman–Crippen MR) is 85.1 cm³/mol. The van der Waals surface area contributed by atoms with Crippen molar-refractivity contribution in [3.8, 4) is 0 Å². The van der Waals surface area contributed by atoms with Crippen molar-refractivity contribution in [3.05, 3.63) is 39.9 Å². The Labute approximate surface area is 127 Å². The smallest absolute Gasteiger partial charge is 0.273 e. The summed E-state index contributed by atoms with van der Waals surface area (Å²) >= 11 is 0. The second kappa shape index (κ2) is 6.56. The minimum atomic E-state index is -0.298. The number of nitrogens with one attached hydrogen (secondary N) is 1. The monoisotopic (exact) mass is 290 g/mol. The van der Waals surface area contributed by atoms with Gasteiger partial charge in [-0.15, -0.1) is 0 Å². The highest BCUT2D eigenvalue weighted by atomic mass is 16.6.